The van der Waals surface area contributed by atoms with E-state index < -0.39 is 0 Å². The lowest BCUT2D eigenvalue weighted by Crippen LogP contribution is -2.37. The van der Waals surface area contributed by atoms with Gasteiger partial charge in [-0.1, -0.05) is 12.1 Å². The highest BCUT2D eigenvalue weighted by Crippen LogP contribution is 2.27. The van der Waals surface area contributed by atoms with E-state index in [1.165, 1.54) is 0 Å². The minimum Gasteiger partial charge on any atom is -0.399 e. The average Bonchev–Trinajstić information content (AvgIpc) is 2.82. The maximum absolute atomic E-state index is 12.5. The zero-order chi connectivity index (χ0) is 14.0. The normalized spacial score (nSPS) is 24.2. The molecule has 0 aliphatic carbocycles. The van der Waals surface area contributed by atoms with E-state index >= 15 is 0 Å². The molecule has 4 heteroatoms. The van der Waals surface area contributed by atoms with E-state index in [-0.39, 0.29) is 24.0 Å². The van der Waals surface area contributed by atoms with Crippen LogP contribution in [0.1, 0.15) is 31.9 Å². The number of ether oxygens (including phenoxy) is 1. The van der Waals surface area contributed by atoms with Gasteiger partial charge in [0.1, 0.15) is 0 Å². The molecule has 4 nitrogen and oxygen atoms in total. The van der Waals surface area contributed by atoms with Crippen LogP contribution in [0.4, 0.5) is 5.69 Å². The van der Waals surface area contributed by atoms with Crippen molar-refractivity contribution in [2.24, 2.45) is 5.92 Å². The lowest BCUT2D eigenvalue weighted by molar-refractivity contribution is -0.137. The maximum Gasteiger partial charge on any atom is 0.228 e. The second-order valence-corrected chi connectivity index (χ2v) is 5.27. The molecule has 2 N–H and O–H groups in total. The van der Waals surface area contributed by atoms with E-state index in [4.69, 9.17) is 10.5 Å². The largest absolute Gasteiger partial charge is 0.399 e. The zero-order valence-electron chi connectivity index (χ0n) is 11.8. The van der Waals surface area contributed by atoms with Crippen LogP contribution in [0, 0.1) is 5.92 Å². The molecule has 3 atom stereocenters. The first-order valence-electron chi connectivity index (χ1n) is 6.74. The van der Waals surface area contributed by atoms with Crippen LogP contribution in [0.3, 0.4) is 0 Å². The highest BCUT2D eigenvalue weighted by Gasteiger charge is 2.34. The molecular weight excluding hydrogens is 240 g/mol. The molecule has 1 heterocycles. The number of nitrogen functional groups attached to an aromatic ring is 1. The van der Waals surface area contributed by atoms with Crippen molar-refractivity contribution in [2.45, 2.75) is 32.4 Å². The van der Waals surface area contributed by atoms with Crippen molar-refractivity contribution in [3.8, 4) is 0 Å². The number of hydrogen-bond donors (Lipinski definition) is 1. The molecule has 1 aromatic carbocycles. The number of rotatable bonds is 3. The summed E-state index contributed by atoms with van der Waals surface area (Å²) in [7, 11) is 1.85. The molecule has 104 valence electrons. The van der Waals surface area contributed by atoms with E-state index in [2.05, 4.69) is 0 Å². The first-order chi connectivity index (χ1) is 9.00. The monoisotopic (exact) mass is 262 g/mol. The molecule has 1 fully saturated rings. The summed E-state index contributed by atoms with van der Waals surface area (Å²) in [5.41, 5.74) is 7.58. The predicted octanol–water partition coefficient (Wildman–Crippen LogP) is 2.21. The molecule has 3 unspecified atom stereocenters. The third kappa shape index (κ3) is 2.89. The minimum atomic E-state index is -0.0199. The first-order valence-corrected chi connectivity index (χ1v) is 6.74. The van der Waals surface area contributed by atoms with Crippen molar-refractivity contribution in [1.29, 1.82) is 0 Å². The van der Waals surface area contributed by atoms with Gasteiger partial charge in [0.25, 0.3) is 0 Å². The molecule has 0 radical (unpaired) electrons. The first kappa shape index (κ1) is 13.9. The number of nitrogens with zero attached hydrogens (tertiary/aromatic N) is 1. The number of hydrogen-bond acceptors (Lipinski definition) is 3. The van der Waals surface area contributed by atoms with Gasteiger partial charge in [-0.15, -0.1) is 0 Å². The van der Waals surface area contributed by atoms with Gasteiger partial charge in [0.05, 0.1) is 18.1 Å². The van der Waals surface area contributed by atoms with Gasteiger partial charge in [-0.2, -0.15) is 0 Å². The fourth-order valence-corrected chi connectivity index (χ4v) is 2.55. The van der Waals surface area contributed by atoms with Gasteiger partial charge >= 0.3 is 0 Å². The van der Waals surface area contributed by atoms with Crippen molar-refractivity contribution in [2.75, 3.05) is 19.4 Å². The van der Waals surface area contributed by atoms with Crippen LogP contribution >= 0.6 is 0 Å². The van der Waals surface area contributed by atoms with Gasteiger partial charge in [0.2, 0.25) is 5.91 Å². The molecule has 1 aliphatic rings. The van der Waals surface area contributed by atoms with E-state index in [0.717, 1.165) is 17.7 Å². The van der Waals surface area contributed by atoms with Crippen LogP contribution in [0.25, 0.3) is 0 Å². The Kier molecular flexibility index (Phi) is 4.10. The molecule has 0 aromatic heterocycles. The van der Waals surface area contributed by atoms with E-state index in [1.807, 2.05) is 45.2 Å². The Balaban J connectivity index is 2.10. The molecule has 1 aliphatic heterocycles. The summed E-state index contributed by atoms with van der Waals surface area (Å²) in [6.45, 7) is 4.67. The smallest absolute Gasteiger partial charge is 0.228 e. The zero-order valence-corrected chi connectivity index (χ0v) is 11.8. The molecular formula is C15H22N2O2. The second-order valence-electron chi connectivity index (χ2n) is 5.27. The third-order valence-electron chi connectivity index (χ3n) is 4.02. The number of benzene rings is 1. The summed E-state index contributed by atoms with van der Waals surface area (Å²) in [5.74, 6) is 0.133. The lowest BCUT2D eigenvalue weighted by Gasteiger charge is -2.29. The minimum absolute atomic E-state index is 0.0167. The van der Waals surface area contributed by atoms with Gasteiger partial charge in [-0.05, 0) is 38.0 Å². The Morgan fingerprint density at radius 1 is 1.53 bits per heavy atom. The summed E-state index contributed by atoms with van der Waals surface area (Å²) in [6, 6.07) is 7.71. The van der Waals surface area contributed by atoms with Gasteiger partial charge in [0, 0.05) is 19.3 Å². The molecule has 0 spiro atoms. The second kappa shape index (κ2) is 5.61. The molecule has 2 rings (SSSR count). The Morgan fingerprint density at radius 3 is 2.84 bits per heavy atom. The average molecular weight is 262 g/mol. The lowest BCUT2D eigenvalue weighted by atomic mass is 9.99. The van der Waals surface area contributed by atoms with Gasteiger partial charge in [-0.3, -0.25) is 4.79 Å². The number of carbonyl (C=O) groups excluding carboxylic acids is 1. The molecule has 19 heavy (non-hydrogen) atoms. The van der Waals surface area contributed by atoms with Crippen molar-refractivity contribution >= 4 is 11.6 Å². The summed E-state index contributed by atoms with van der Waals surface area (Å²) < 4.78 is 5.47. The Hall–Kier alpha value is -1.55. The quantitative estimate of drug-likeness (QED) is 0.850. The van der Waals surface area contributed by atoms with Gasteiger partial charge in [0.15, 0.2) is 0 Å². The highest BCUT2D eigenvalue weighted by molar-refractivity contribution is 5.80. The molecule has 0 bridgehead atoms. The molecule has 1 saturated heterocycles. The standard InChI is InChI=1S/C15H22N2O2/c1-10(12-5-4-6-13(16)9-12)17(3)15(18)14-7-8-19-11(14)2/h4-6,9-11,14H,7-8,16H2,1-3H3. The number of nitrogens with two attached hydrogens (primary N) is 1. The van der Waals surface area contributed by atoms with E-state index in [1.54, 1.807) is 4.90 Å². The van der Waals surface area contributed by atoms with Crippen molar-refractivity contribution in [1.82, 2.24) is 4.90 Å². The van der Waals surface area contributed by atoms with Crippen LogP contribution in [0.15, 0.2) is 24.3 Å². The van der Waals surface area contributed by atoms with Crippen LogP contribution in [-0.4, -0.2) is 30.6 Å². The van der Waals surface area contributed by atoms with E-state index in [0.29, 0.717) is 6.61 Å². The molecule has 0 saturated carbocycles. The highest BCUT2D eigenvalue weighted by atomic mass is 16.5. The van der Waals surface area contributed by atoms with Crippen molar-refractivity contribution in [3.05, 3.63) is 29.8 Å². The summed E-state index contributed by atoms with van der Waals surface area (Å²) >= 11 is 0. The van der Waals surface area contributed by atoms with E-state index in [9.17, 15) is 4.79 Å². The summed E-state index contributed by atoms with van der Waals surface area (Å²) in [4.78, 5) is 14.3. The number of amides is 1. The van der Waals surface area contributed by atoms with Gasteiger partial charge in [-0.25, -0.2) is 0 Å². The topological polar surface area (TPSA) is 55.6 Å². The fourth-order valence-electron chi connectivity index (χ4n) is 2.55. The Bertz CT molecular complexity index is 461. The van der Waals surface area contributed by atoms with Crippen LogP contribution in [0.2, 0.25) is 0 Å². The molecule has 1 amide bonds. The number of anilines is 1. The van der Waals surface area contributed by atoms with Crippen LogP contribution in [0.5, 0.6) is 0 Å². The summed E-state index contributed by atoms with van der Waals surface area (Å²) in [6.07, 6.45) is 0.830. The summed E-state index contributed by atoms with van der Waals surface area (Å²) in [5, 5.41) is 0. The predicted molar refractivity (Wildman–Crippen MR) is 75.6 cm³/mol. The van der Waals surface area contributed by atoms with Crippen molar-refractivity contribution in [3.63, 3.8) is 0 Å². The van der Waals surface area contributed by atoms with Crippen LogP contribution in [-0.2, 0) is 9.53 Å². The van der Waals surface area contributed by atoms with Crippen LogP contribution < -0.4 is 5.73 Å². The number of carbonyl (C=O) groups is 1. The Morgan fingerprint density at radius 2 is 2.26 bits per heavy atom. The maximum atomic E-state index is 12.5. The van der Waals surface area contributed by atoms with Crippen molar-refractivity contribution < 1.29 is 9.53 Å². The SMILES string of the molecule is CC1OCCC1C(=O)N(C)C(C)c1cccc(N)c1. The molecule has 1 aromatic rings. The van der Waals surface area contributed by atoms with Gasteiger partial charge < -0.3 is 15.4 Å². The fraction of sp³-hybridized carbons (Fsp3) is 0.533. The Labute approximate surface area is 114 Å². The third-order valence-corrected chi connectivity index (χ3v) is 4.02.